The van der Waals surface area contributed by atoms with E-state index >= 15 is 0 Å². The van der Waals surface area contributed by atoms with Crippen molar-refractivity contribution in [2.75, 3.05) is 5.32 Å². The van der Waals surface area contributed by atoms with Crippen molar-refractivity contribution in [2.24, 2.45) is 0 Å². The summed E-state index contributed by atoms with van der Waals surface area (Å²) in [4.78, 5) is 14.2. The van der Waals surface area contributed by atoms with Crippen LogP contribution in [0, 0.1) is 6.92 Å². The molecule has 0 spiro atoms. The Labute approximate surface area is 88.3 Å². The lowest BCUT2D eigenvalue weighted by Crippen LogP contribution is -2.30. The van der Waals surface area contributed by atoms with Crippen molar-refractivity contribution in [1.29, 1.82) is 0 Å². The number of rotatable bonds is 1. The normalized spacial score (nSPS) is 11.3. The first kappa shape index (κ1) is 11.8. The van der Waals surface area contributed by atoms with E-state index < -0.39 is 12.1 Å². The summed E-state index contributed by atoms with van der Waals surface area (Å²) in [6, 6.07) is 2.55. The predicted molar refractivity (Wildman–Crippen MR) is 48.7 cm³/mol. The van der Waals surface area contributed by atoms with Crippen molar-refractivity contribution < 1.29 is 18.0 Å². The fourth-order valence-electron chi connectivity index (χ4n) is 0.801. The summed E-state index contributed by atoms with van der Waals surface area (Å²) in [5.41, 5.74) is 0.344. The van der Waals surface area contributed by atoms with Gasteiger partial charge in [-0.15, -0.1) is 0 Å². The second kappa shape index (κ2) is 4.06. The van der Waals surface area contributed by atoms with E-state index in [0.29, 0.717) is 10.7 Å². The largest absolute Gasteiger partial charge is 0.471 e. The summed E-state index contributed by atoms with van der Waals surface area (Å²) >= 11 is 5.61. The van der Waals surface area contributed by atoms with Crippen LogP contribution >= 0.6 is 11.6 Å². The lowest BCUT2D eigenvalue weighted by Gasteiger charge is -2.07. The van der Waals surface area contributed by atoms with Crippen LogP contribution in [0.2, 0.25) is 5.02 Å². The molecule has 0 atom stereocenters. The molecule has 1 aromatic rings. The van der Waals surface area contributed by atoms with Gasteiger partial charge in [0.05, 0.1) is 10.7 Å². The fraction of sp³-hybridized carbons (Fsp3) is 0.250. The van der Waals surface area contributed by atoms with E-state index in [9.17, 15) is 18.0 Å². The molecule has 0 bridgehead atoms. The summed E-state index contributed by atoms with van der Waals surface area (Å²) < 4.78 is 35.5. The zero-order valence-corrected chi connectivity index (χ0v) is 8.28. The second-order valence-electron chi connectivity index (χ2n) is 2.72. The maximum absolute atomic E-state index is 11.8. The minimum atomic E-state index is -4.92. The molecule has 1 N–H and O–H groups in total. The van der Waals surface area contributed by atoms with Gasteiger partial charge >= 0.3 is 12.1 Å². The smallest absolute Gasteiger partial charge is 0.303 e. The molecule has 1 rings (SSSR count). The number of pyridine rings is 1. The van der Waals surface area contributed by atoms with Crippen LogP contribution in [0.5, 0.6) is 0 Å². The van der Waals surface area contributed by atoms with Gasteiger partial charge in [0.15, 0.2) is 0 Å². The molecule has 0 aliphatic heterocycles. The Morgan fingerprint density at radius 3 is 2.53 bits per heavy atom. The van der Waals surface area contributed by atoms with Gasteiger partial charge in [-0.3, -0.25) is 4.79 Å². The number of aromatic nitrogens is 1. The van der Waals surface area contributed by atoms with Crippen molar-refractivity contribution in [3.05, 3.63) is 22.8 Å². The van der Waals surface area contributed by atoms with E-state index in [2.05, 4.69) is 4.98 Å². The molecule has 7 heteroatoms. The molecule has 0 fully saturated rings. The van der Waals surface area contributed by atoms with Gasteiger partial charge in [0, 0.05) is 0 Å². The van der Waals surface area contributed by atoms with Crippen LogP contribution in [0.4, 0.5) is 19.0 Å². The van der Waals surface area contributed by atoms with E-state index in [-0.39, 0.29) is 5.82 Å². The van der Waals surface area contributed by atoms with Gasteiger partial charge in [0.1, 0.15) is 5.82 Å². The Kier molecular flexibility index (Phi) is 3.18. The zero-order chi connectivity index (χ0) is 11.6. The van der Waals surface area contributed by atoms with Gasteiger partial charge in [-0.2, -0.15) is 13.2 Å². The number of halogens is 4. The number of hydrogen-bond donors (Lipinski definition) is 1. The Hall–Kier alpha value is -1.30. The summed E-state index contributed by atoms with van der Waals surface area (Å²) in [5, 5.41) is 1.94. The molecule has 1 heterocycles. The molecular formula is C8H6ClF3N2O. The number of carbonyl (C=O) groups is 1. The van der Waals surface area contributed by atoms with E-state index in [1.165, 1.54) is 19.1 Å². The van der Waals surface area contributed by atoms with E-state index in [0.717, 1.165) is 0 Å². The molecule has 0 aliphatic rings. The van der Waals surface area contributed by atoms with E-state index in [1.54, 1.807) is 5.32 Å². The first-order valence-corrected chi connectivity index (χ1v) is 4.20. The topological polar surface area (TPSA) is 42.0 Å². The molecule has 82 valence electrons. The SMILES string of the molecule is Cc1nc(NC(=O)C(F)(F)F)ccc1Cl. The number of hydrogen-bond acceptors (Lipinski definition) is 2. The Morgan fingerprint density at radius 2 is 2.07 bits per heavy atom. The predicted octanol–water partition coefficient (Wildman–Crippen LogP) is 2.54. The van der Waals surface area contributed by atoms with Gasteiger partial charge in [0.2, 0.25) is 0 Å². The minimum absolute atomic E-state index is 0.181. The number of nitrogens with one attached hydrogen (secondary N) is 1. The van der Waals surface area contributed by atoms with Crippen molar-refractivity contribution in [3.63, 3.8) is 0 Å². The van der Waals surface area contributed by atoms with Crippen LogP contribution < -0.4 is 5.32 Å². The fourth-order valence-corrected chi connectivity index (χ4v) is 0.906. The maximum atomic E-state index is 11.8. The molecule has 0 radical (unpaired) electrons. The van der Waals surface area contributed by atoms with Crippen LogP contribution in [0.3, 0.4) is 0 Å². The number of aryl methyl sites for hydroxylation is 1. The lowest BCUT2D eigenvalue weighted by molar-refractivity contribution is -0.167. The van der Waals surface area contributed by atoms with Crippen LogP contribution in [0.15, 0.2) is 12.1 Å². The number of nitrogens with zero attached hydrogens (tertiary/aromatic N) is 1. The van der Waals surface area contributed by atoms with Crippen molar-refractivity contribution in [3.8, 4) is 0 Å². The van der Waals surface area contributed by atoms with Crippen molar-refractivity contribution in [2.45, 2.75) is 13.1 Å². The molecule has 0 aliphatic carbocycles. The highest BCUT2D eigenvalue weighted by Gasteiger charge is 2.38. The summed E-state index contributed by atoms with van der Waals surface area (Å²) in [6.07, 6.45) is -4.92. The van der Waals surface area contributed by atoms with Gasteiger partial charge in [-0.25, -0.2) is 4.98 Å². The molecule has 0 aromatic carbocycles. The summed E-state index contributed by atoms with van der Waals surface area (Å²) in [5.74, 6) is -2.24. The van der Waals surface area contributed by atoms with Crippen LogP contribution in [-0.4, -0.2) is 17.1 Å². The third kappa shape index (κ3) is 3.09. The third-order valence-corrected chi connectivity index (χ3v) is 1.92. The Bertz CT molecular complexity index is 392. The standard InChI is InChI=1S/C8H6ClF3N2O/c1-4-5(9)2-3-6(13-4)14-7(15)8(10,11)12/h2-3H,1H3,(H,13,14,15). The molecular weight excluding hydrogens is 233 g/mol. The molecule has 1 aromatic heterocycles. The summed E-state index contributed by atoms with van der Waals surface area (Å²) in [7, 11) is 0. The lowest BCUT2D eigenvalue weighted by atomic mass is 10.3. The quantitative estimate of drug-likeness (QED) is 0.817. The van der Waals surface area contributed by atoms with Crippen molar-refractivity contribution >= 4 is 23.3 Å². The van der Waals surface area contributed by atoms with Crippen LogP contribution in [-0.2, 0) is 4.79 Å². The maximum Gasteiger partial charge on any atom is 0.471 e. The van der Waals surface area contributed by atoms with Crippen LogP contribution in [0.25, 0.3) is 0 Å². The zero-order valence-electron chi connectivity index (χ0n) is 7.52. The first-order valence-electron chi connectivity index (χ1n) is 3.82. The minimum Gasteiger partial charge on any atom is -0.303 e. The molecule has 0 saturated heterocycles. The van der Waals surface area contributed by atoms with Gasteiger partial charge in [-0.1, -0.05) is 11.6 Å². The van der Waals surface area contributed by atoms with Crippen molar-refractivity contribution in [1.82, 2.24) is 4.98 Å². The van der Waals surface area contributed by atoms with Gasteiger partial charge < -0.3 is 5.32 Å². The monoisotopic (exact) mass is 238 g/mol. The number of carbonyl (C=O) groups excluding carboxylic acids is 1. The molecule has 0 unspecified atom stereocenters. The second-order valence-corrected chi connectivity index (χ2v) is 3.12. The average molecular weight is 239 g/mol. The highest BCUT2D eigenvalue weighted by molar-refractivity contribution is 6.31. The van der Waals surface area contributed by atoms with E-state index in [4.69, 9.17) is 11.6 Å². The Balaban J connectivity index is 2.83. The van der Waals surface area contributed by atoms with Gasteiger partial charge in [0.25, 0.3) is 0 Å². The highest BCUT2D eigenvalue weighted by Crippen LogP contribution is 2.19. The average Bonchev–Trinajstić information content (AvgIpc) is 2.10. The molecule has 0 saturated carbocycles. The molecule has 3 nitrogen and oxygen atoms in total. The molecule has 15 heavy (non-hydrogen) atoms. The summed E-state index contributed by atoms with van der Waals surface area (Å²) in [6.45, 7) is 1.52. The highest BCUT2D eigenvalue weighted by atomic mass is 35.5. The Morgan fingerprint density at radius 1 is 1.47 bits per heavy atom. The number of anilines is 1. The molecule has 1 amide bonds. The third-order valence-electron chi connectivity index (χ3n) is 1.52. The number of amides is 1. The first-order chi connectivity index (χ1) is 6.80. The van der Waals surface area contributed by atoms with Gasteiger partial charge in [-0.05, 0) is 19.1 Å². The van der Waals surface area contributed by atoms with Crippen LogP contribution in [0.1, 0.15) is 5.69 Å². The number of alkyl halides is 3. The van der Waals surface area contributed by atoms with E-state index in [1.807, 2.05) is 0 Å².